The van der Waals surface area contributed by atoms with Gasteiger partial charge in [-0.1, -0.05) is 30.3 Å². The van der Waals surface area contributed by atoms with E-state index in [9.17, 15) is 9.90 Å². The third-order valence-electron chi connectivity index (χ3n) is 3.38. The van der Waals surface area contributed by atoms with E-state index in [1.165, 1.54) is 0 Å². The summed E-state index contributed by atoms with van der Waals surface area (Å²) < 4.78 is 5.30. The lowest BCUT2D eigenvalue weighted by atomic mass is 10.0. The lowest BCUT2D eigenvalue weighted by molar-refractivity contribution is -0.139. The van der Waals surface area contributed by atoms with E-state index in [2.05, 4.69) is 0 Å². The molecule has 1 N–H and O–H groups in total. The van der Waals surface area contributed by atoms with Gasteiger partial charge in [-0.3, -0.25) is 4.79 Å². The van der Waals surface area contributed by atoms with Crippen LogP contribution >= 0.6 is 0 Å². The fourth-order valence-electron chi connectivity index (χ4n) is 2.47. The molecule has 1 unspecified atom stereocenters. The number of amides is 1. The Morgan fingerprint density at radius 2 is 2.10 bits per heavy atom. The van der Waals surface area contributed by atoms with Crippen LogP contribution in [-0.4, -0.2) is 41.3 Å². The number of hydrogen-bond donors (Lipinski definition) is 1. The number of rotatable bonds is 5. The zero-order chi connectivity index (χ0) is 14.6. The summed E-state index contributed by atoms with van der Waals surface area (Å²) in [6.07, 6.45) is 0.774. The van der Waals surface area contributed by atoms with Crippen molar-refractivity contribution in [3.05, 3.63) is 35.9 Å². The Bertz CT molecular complexity index is 433. The molecule has 0 aliphatic carbocycles. The summed E-state index contributed by atoms with van der Waals surface area (Å²) in [5.74, 6) is 0.00883. The molecular formula is C16H23NO3. The van der Waals surface area contributed by atoms with Crippen molar-refractivity contribution in [2.75, 3.05) is 19.8 Å². The van der Waals surface area contributed by atoms with Crippen LogP contribution in [0.1, 0.15) is 25.8 Å². The molecule has 0 spiro atoms. The molecular weight excluding hydrogens is 254 g/mol. The van der Waals surface area contributed by atoms with Crippen molar-refractivity contribution in [1.82, 2.24) is 4.90 Å². The minimum atomic E-state index is -0.899. The zero-order valence-electron chi connectivity index (χ0n) is 12.2. The van der Waals surface area contributed by atoms with Gasteiger partial charge in [-0.2, -0.15) is 0 Å². The smallest absolute Gasteiger partial charge is 0.228 e. The van der Waals surface area contributed by atoms with Crippen LogP contribution in [0.25, 0.3) is 0 Å². The molecule has 1 fully saturated rings. The van der Waals surface area contributed by atoms with Crippen LogP contribution in [0.5, 0.6) is 0 Å². The maximum absolute atomic E-state index is 12.6. The van der Waals surface area contributed by atoms with Gasteiger partial charge in [-0.05, 0) is 25.8 Å². The van der Waals surface area contributed by atoms with Crippen molar-refractivity contribution >= 4 is 5.91 Å². The molecule has 1 aliphatic rings. The van der Waals surface area contributed by atoms with Gasteiger partial charge in [-0.15, -0.1) is 0 Å². The van der Waals surface area contributed by atoms with Gasteiger partial charge in [0.15, 0.2) is 0 Å². The van der Waals surface area contributed by atoms with Crippen LogP contribution < -0.4 is 0 Å². The first-order chi connectivity index (χ1) is 9.46. The summed E-state index contributed by atoms with van der Waals surface area (Å²) >= 11 is 0. The lowest BCUT2D eigenvalue weighted by Crippen LogP contribution is -2.44. The minimum absolute atomic E-state index is 0.0685. The molecule has 1 aromatic carbocycles. The highest BCUT2D eigenvalue weighted by Crippen LogP contribution is 2.19. The van der Waals surface area contributed by atoms with Gasteiger partial charge in [-0.25, -0.2) is 0 Å². The van der Waals surface area contributed by atoms with Crippen LogP contribution in [0.4, 0.5) is 0 Å². The highest BCUT2D eigenvalue weighted by atomic mass is 16.5. The number of carbonyl (C=O) groups is 1. The summed E-state index contributed by atoms with van der Waals surface area (Å²) in [5, 5.41) is 10.0. The Kier molecular flexibility index (Phi) is 4.78. The molecule has 0 aromatic heterocycles. The van der Waals surface area contributed by atoms with Crippen LogP contribution in [0, 0.1) is 5.92 Å². The molecule has 1 aliphatic heterocycles. The van der Waals surface area contributed by atoms with Crippen molar-refractivity contribution in [1.29, 1.82) is 0 Å². The quantitative estimate of drug-likeness (QED) is 0.893. The van der Waals surface area contributed by atoms with E-state index in [-0.39, 0.29) is 11.8 Å². The van der Waals surface area contributed by atoms with Gasteiger partial charge < -0.3 is 14.7 Å². The van der Waals surface area contributed by atoms with Crippen LogP contribution in [-0.2, 0) is 16.1 Å². The van der Waals surface area contributed by atoms with Crippen LogP contribution in [0.2, 0.25) is 0 Å². The Morgan fingerprint density at radius 1 is 1.40 bits per heavy atom. The van der Waals surface area contributed by atoms with E-state index < -0.39 is 5.60 Å². The number of nitrogens with zero attached hydrogens (tertiary/aromatic N) is 1. The first kappa shape index (κ1) is 15.0. The monoisotopic (exact) mass is 277 g/mol. The van der Waals surface area contributed by atoms with E-state index in [0.717, 1.165) is 12.0 Å². The normalized spacial score (nSPS) is 19.1. The highest BCUT2D eigenvalue weighted by Gasteiger charge is 2.30. The molecule has 1 heterocycles. The standard InChI is InChI=1S/C16H23NO3/c1-16(2,19)12-17(10-13-6-4-3-5-7-13)15(18)14-8-9-20-11-14/h3-7,14,19H,8-12H2,1-2H3. The van der Waals surface area contributed by atoms with Gasteiger partial charge in [0.1, 0.15) is 0 Å². The van der Waals surface area contributed by atoms with Gasteiger partial charge in [0, 0.05) is 19.7 Å². The van der Waals surface area contributed by atoms with Crippen molar-refractivity contribution in [3.8, 4) is 0 Å². The predicted molar refractivity (Wildman–Crippen MR) is 77.1 cm³/mol. The number of benzene rings is 1. The Labute approximate surface area is 120 Å². The number of hydrogen-bond acceptors (Lipinski definition) is 3. The summed E-state index contributed by atoms with van der Waals surface area (Å²) in [6, 6.07) is 9.86. The molecule has 1 atom stereocenters. The zero-order valence-corrected chi connectivity index (χ0v) is 12.2. The number of ether oxygens (including phenoxy) is 1. The van der Waals surface area contributed by atoms with Crippen LogP contribution in [0.3, 0.4) is 0 Å². The molecule has 1 saturated heterocycles. The van der Waals surface area contributed by atoms with E-state index in [0.29, 0.717) is 26.3 Å². The molecule has 0 saturated carbocycles. The fourth-order valence-corrected chi connectivity index (χ4v) is 2.47. The van der Waals surface area contributed by atoms with Crippen LogP contribution in [0.15, 0.2) is 30.3 Å². The SMILES string of the molecule is CC(C)(O)CN(Cc1ccccc1)C(=O)C1CCOC1. The third kappa shape index (κ3) is 4.32. The first-order valence-corrected chi connectivity index (χ1v) is 7.08. The van der Waals surface area contributed by atoms with Crippen molar-refractivity contribution < 1.29 is 14.6 Å². The topological polar surface area (TPSA) is 49.8 Å². The number of aliphatic hydroxyl groups is 1. The second-order valence-corrected chi connectivity index (χ2v) is 6.05. The van der Waals surface area contributed by atoms with Gasteiger partial charge in [0.05, 0.1) is 18.1 Å². The largest absolute Gasteiger partial charge is 0.389 e. The summed E-state index contributed by atoms with van der Waals surface area (Å²) in [7, 11) is 0. The predicted octanol–water partition coefficient (Wildman–Crippen LogP) is 1.82. The average molecular weight is 277 g/mol. The van der Waals surface area contributed by atoms with E-state index >= 15 is 0 Å². The van der Waals surface area contributed by atoms with Crippen molar-refractivity contribution in [2.24, 2.45) is 5.92 Å². The number of carbonyl (C=O) groups excluding carboxylic acids is 1. The molecule has 0 radical (unpaired) electrons. The third-order valence-corrected chi connectivity index (χ3v) is 3.38. The molecule has 1 aromatic rings. The minimum Gasteiger partial charge on any atom is -0.389 e. The molecule has 0 bridgehead atoms. The van der Waals surface area contributed by atoms with E-state index in [4.69, 9.17) is 4.74 Å². The fraction of sp³-hybridized carbons (Fsp3) is 0.562. The molecule has 1 amide bonds. The maximum atomic E-state index is 12.6. The van der Waals surface area contributed by atoms with Crippen molar-refractivity contribution in [2.45, 2.75) is 32.4 Å². The average Bonchev–Trinajstić information content (AvgIpc) is 2.90. The molecule has 20 heavy (non-hydrogen) atoms. The van der Waals surface area contributed by atoms with Gasteiger partial charge in [0.25, 0.3) is 0 Å². The summed E-state index contributed by atoms with van der Waals surface area (Å²) in [5.41, 5.74) is 0.174. The Morgan fingerprint density at radius 3 is 2.65 bits per heavy atom. The molecule has 4 heteroatoms. The summed E-state index contributed by atoms with van der Waals surface area (Å²) in [4.78, 5) is 14.3. The first-order valence-electron chi connectivity index (χ1n) is 7.08. The highest BCUT2D eigenvalue weighted by molar-refractivity contribution is 5.79. The van der Waals surface area contributed by atoms with Gasteiger partial charge >= 0.3 is 0 Å². The molecule has 2 rings (SSSR count). The molecule has 4 nitrogen and oxygen atoms in total. The van der Waals surface area contributed by atoms with E-state index in [1.807, 2.05) is 30.3 Å². The summed E-state index contributed by atoms with van der Waals surface area (Å²) in [6.45, 7) is 5.46. The van der Waals surface area contributed by atoms with Crippen molar-refractivity contribution in [3.63, 3.8) is 0 Å². The van der Waals surface area contributed by atoms with E-state index in [1.54, 1.807) is 18.7 Å². The molecule has 110 valence electrons. The lowest BCUT2D eigenvalue weighted by Gasteiger charge is -2.31. The Balaban J connectivity index is 2.09. The maximum Gasteiger partial charge on any atom is 0.228 e. The second-order valence-electron chi connectivity index (χ2n) is 6.05. The second kappa shape index (κ2) is 6.37. The Hall–Kier alpha value is -1.39. The van der Waals surface area contributed by atoms with Gasteiger partial charge in [0.2, 0.25) is 5.91 Å².